The zero-order chi connectivity index (χ0) is 43.2. The highest BCUT2D eigenvalue weighted by molar-refractivity contribution is 6.08. The fourth-order valence-corrected chi connectivity index (χ4v) is 10.2. The molecule has 0 bridgehead atoms. The molecule has 12 rings (SSSR count). The Kier molecular flexibility index (Phi) is 9.43. The van der Waals surface area contributed by atoms with Crippen molar-refractivity contribution in [2.24, 2.45) is 0 Å². The first kappa shape index (κ1) is 38.2. The van der Waals surface area contributed by atoms with Gasteiger partial charge < -0.3 is 0 Å². The molecule has 1 heterocycles. The van der Waals surface area contributed by atoms with Crippen molar-refractivity contribution in [2.45, 2.75) is 5.41 Å². The SMILES string of the molecule is c1ccc(-c2ccc(-c3ccc(-c4cc(-c5ccc(-c6cccc7c6-c6ccccc6C7(c6ccccc6)c6ccccc6)c6ccccc56)nc(-c5ccccc5)n4)cc3)cc2)cc1. The van der Waals surface area contributed by atoms with Crippen LogP contribution in [0.2, 0.25) is 0 Å². The molecule has 304 valence electrons. The molecular weight excluding hydrogens is 785 g/mol. The lowest BCUT2D eigenvalue weighted by Crippen LogP contribution is -2.28. The smallest absolute Gasteiger partial charge is 0.160 e. The molecule has 0 N–H and O–H groups in total. The van der Waals surface area contributed by atoms with E-state index in [0.29, 0.717) is 5.82 Å². The summed E-state index contributed by atoms with van der Waals surface area (Å²) in [7, 11) is 0. The van der Waals surface area contributed by atoms with Gasteiger partial charge in [-0.3, -0.25) is 0 Å². The molecule has 1 aromatic heterocycles. The average Bonchev–Trinajstić information content (AvgIpc) is 3.71. The lowest BCUT2D eigenvalue weighted by molar-refractivity contribution is 0.768. The van der Waals surface area contributed by atoms with Crippen molar-refractivity contribution in [1.82, 2.24) is 9.97 Å². The first-order valence-corrected chi connectivity index (χ1v) is 22.3. The van der Waals surface area contributed by atoms with Crippen molar-refractivity contribution in [3.05, 3.63) is 277 Å². The van der Waals surface area contributed by atoms with E-state index in [-0.39, 0.29) is 0 Å². The molecule has 0 radical (unpaired) electrons. The third-order valence-electron chi connectivity index (χ3n) is 13.2. The minimum Gasteiger partial charge on any atom is -0.228 e. The Bertz CT molecular complexity index is 3450. The van der Waals surface area contributed by atoms with Crippen LogP contribution < -0.4 is 0 Å². The average molecular weight is 827 g/mol. The van der Waals surface area contributed by atoms with Crippen LogP contribution in [0.25, 0.3) is 89.2 Å². The van der Waals surface area contributed by atoms with E-state index in [0.717, 1.165) is 39.0 Å². The molecule has 2 nitrogen and oxygen atoms in total. The van der Waals surface area contributed by atoms with Gasteiger partial charge in [-0.25, -0.2) is 9.97 Å². The summed E-state index contributed by atoms with van der Waals surface area (Å²) in [6, 6.07) is 91.9. The van der Waals surface area contributed by atoms with Crippen LogP contribution in [-0.2, 0) is 5.41 Å². The van der Waals surface area contributed by atoms with Crippen LogP contribution in [0, 0.1) is 0 Å². The molecule has 0 spiro atoms. The second-order valence-electron chi connectivity index (χ2n) is 16.8. The molecule has 11 aromatic rings. The van der Waals surface area contributed by atoms with Crippen molar-refractivity contribution >= 4 is 10.8 Å². The highest BCUT2D eigenvalue weighted by atomic mass is 14.9. The van der Waals surface area contributed by atoms with Gasteiger partial charge in [-0.15, -0.1) is 0 Å². The second-order valence-corrected chi connectivity index (χ2v) is 16.8. The van der Waals surface area contributed by atoms with Crippen LogP contribution in [0.15, 0.2) is 255 Å². The first-order chi connectivity index (χ1) is 32.2. The van der Waals surface area contributed by atoms with Crippen molar-refractivity contribution < 1.29 is 0 Å². The molecule has 1 aliphatic carbocycles. The predicted octanol–water partition coefficient (Wildman–Crippen LogP) is 16.0. The highest BCUT2D eigenvalue weighted by Gasteiger charge is 2.46. The second kappa shape index (κ2) is 16.0. The van der Waals surface area contributed by atoms with Gasteiger partial charge in [0, 0.05) is 16.7 Å². The molecule has 0 saturated carbocycles. The highest BCUT2D eigenvalue weighted by Crippen LogP contribution is 2.58. The number of rotatable bonds is 8. The van der Waals surface area contributed by atoms with Crippen molar-refractivity contribution in [1.29, 1.82) is 0 Å². The molecule has 0 aliphatic heterocycles. The molecule has 1 aliphatic rings. The maximum absolute atomic E-state index is 5.31. The summed E-state index contributed by atoms with van der Waals surface area (Å²) in [6.45, 7) is 0. The Labute approximate surface area is 379 Å². The van der Waals surface area contributed by atoms with Gasteiger partial charge in [-0.05, 0) is 83.6 Å². The normalized spacial score (nSPS) is 12.4. The lowest BCUT2D eigenvalue weighted by Gasteiger charge is -2.34. The van der Waals surface area contributed by atoms with Gasteiger partial charge in [0.1, 0.15) is 0 Å². The Morgan fingerprint density at radius 2 is 0.692 bits per heavy atom. The molecule has 0 amide bonds. The number of hydrogen-bond acceptors (Lipinski definition) is 2. The van der Waals surface area contributed by atoms with E-state index < -0.39 is 5.41 Å². The van der Waals surface area contributed by atoms with E-state index in [1.54, 1.807) is 0 Å². The Hall–Kier alpha value is -8.46. The largest absolute Gasteiger partial charge is 0.228 e. The number of aromatic nitrogens is 2. The molecule has 0 atom stereocenters. The standard InChI is InChI=1S/C63H42N2/c1-5-18-43(19-6-1)44-32-34-45(35-33-44)46-36-38-47(39-37-46)59-42-60(65-62(64-59)48-20-7-2-8-21-48)54-41-40-53(51-26-13-14-27-52(51)54)55-29-17-31-58-61(55)56-28-15-16-30-57(56)63(58,49-22-9-3-10-23-49)50-24-11-4-12-25-50/h1-42H. The molecule has 10 aromatic carbocycles. The van der Waals surface area contributed by atoms with E-state index in [1.807, 2.05) is 18.2 Å². The van der Waals surface area contributed by atoms with Gasteiger partial charge >= 0.3 is 0 Å². The molecule has 0 saturated heterocycles. The maximum atomic E-state index is 5.31. The van der Waals surface area contributed by atoms with Crippen LogP contribution in [0.5, 0.6) is 0 Å². The number of benzene rings is 10. The Morgan fingerprint density at radius 1 is 0.262 bits per heavy atom. The summed E-state index contributed by atoms with van der Waals surface area (Å²) in [6.07, 6.45) is 0. The van der Waals surface area contributed by atoms with Crippen LogP contribution in [0.1, 0.15) is 22.3 Å². The molecule has 65 heavy (non-hydrogen) atoms. The van der Waals surface area contributed by atoms with Gasteiger partial charge in [0.05, 0.1) is 16.8 Å². The maximum Gasteiger partial charge on any atom is 0.160 e. The number of nitrogens with zero attached hydrogens (tertiary/aromatic N) is 2. The van der Waals surface area contributed by atoms with E-state index in [2.05, 4.69) is 237 Å². The van der Waals surface area contributed by atoms with Crippen molar-refractivity contribution in [3.8, 4) is 78.4 Å². The zero-order valence-electron chi connectivity index (χ0n) is 35.6. The third kappa shape index (κ3) is 6.50. The number of hydrogen-bond donors (Lipinski definition) is 0. The summed E-state index contributed by atoms with van der Waals surface area (Å²) in [5, 5.41) is 2.32. The summed E-state index contributed by atoms with van der Waals surface area (Å²) < 4.78 is 0. The van der Waals surface area contributed by atoms with Gasteiger partial charge in [0.15, 0.2) is 5.82 Å². The Balaban J connectivity index is 0.992. The van der Waals surface area contributed by atoms with Crippen LogP contribution in [0.4, 0.5) is 0 Å². The van der Waals surface area contributed by atoms with Crippen LogP contribution in [0.3, 0.4) is 0 Å². The third-order valence-corrected chi connectivity index (χ3v) is 13.2. The van der Waals surface area contributed by atoms with E-state index >= 15 is 0 Å². The van der Waals surface area contributed by atoms with Gasteiger partial charge in [-0.1, -0.05) is 249 Å². The topological polar surface area (TPSA) is 25.8 Å². The predicted molar refractivity (Wildman–Crippen MR) is 269 cm³/mol. The van der Waals surface area contributed by atoms with Crippen LogP contribution in [-0.4, -0.2) is 9.97 Å². The van der Waals surface area contributed by atoms with Gasteiger partial charge in [0.2, 0.25) is 0 Å². The van der Waals surface area contributed by atoms with Crippen molar-refractivity contribution in [2.75, 3.05) is 0 Å². The summed E-state index contributed by atoms with van der Waals surface area (Å²) >= 11 is 0. The quantitative estimate of drug-likeness (QED) is 0.152. The Morgan fingerprint density at radius 3 is 1.31 bits per heavy atom. The number of fused-ring (bicyclic) bond motifs is 4. The molecule has 2 heteroatoms. The summed E-state index contributed by atoms with van der Waals surface area (Å²) in [5.41, 5.74) is 19.2. The molecule has 0 unspecified atom stereocenters. The van der Waals surface area contributed by atoms with E-state index in [9.17, 15) is 0 Å². The van der Waals surface area contributed by atoms with Gasteiger partial charge in [0.25, 0.3) is 0 Å². The fourth-order valence-electron chi connectivity index (χ4n) is 10.2. The summed E-state index contributed by atoms with van der Waals surface area (Å²) in [4.78, 5) is 10.5. The summed E-state index contributed by atoms with van der Waals surface area (Å²) in [5.74, 6) is 0.697. The van der Waals surface area contributed by atoms with E-state index in [4.69, 9.17) is 9.97 Å². The first-order valence-electron chi connectivity index (χ1n) is 22.3. The minimum absolute atomic E-state index is 0.476. The monoisotopic (exact) mass is 826 g/mol. The lowest BCUT2D eigenvalue weighted by atomic mass is 9.67. The fraction of sp³-hybridized carbons (Fsp3) is 0.0159. The van der Waals surface area contributed by atoms with Crippen LogP contribution >= 0.6 is 0 Å². The van der Waals surface area contributed by atoms with Crippen molar-refractivity contribution in [3.63, 3.8) is 0 Å². The molecule has 0 fully saturated rings. The molecular formula is C63H42N2. The van der Waals surface area contributed by atoms with E-state index in [1.165, 1.54) is 66.6 Å². The van der Waals surface area contributed by atoms with Gasteiger partial charge in [-0.2, -0.15) is 0 Å². The minimum atomic E-state index is -0.476. The zero-order valence-corrected chi connectivity index (χ0v) is 35.6.